The van der Waals surface area contributed by atoms with Gasteiger partial charge in [0.25, 0.3) is 0 Å². The molecule has 0 amide bonds. The number of primary sulfonamides is 1. The molecule has 84 valence electrons. The number of rotatable bonds is 6. The summed E-state index contributed by atoms with van der Waals surface area (Å²) in [6.45, 7) is 2.91. The molecule has 0 aliphatic carbocycles. The predicted molar refractivity (Wildman–Crippen MR) is 57.4 cm³/mol. The Morgan fingerprint density at radius 3 is 2.64 bits per heavy atom. The average Bonchev–Trinajstić information content (AvgIpc) is 2.02. The average molecular weight is 222 g/mol. The van der Waals surface area contributed by atoms with E-state index in [1.54, 1.807) is 0 Å². The number of hydrogen-bond acceptors (Lipinski definition) is 3. The Bertz CT molecular complexity index is 273. The summed E-state index contributed by atoms with van der Waals surface area (Å²) < 4.78 is 21.1. The normalized spacial score (nSPS) is 12.9. The van der Waals surface area contributed by atoms with Crippen molar-refractivity contribution < 1.29 is 8.42 Å². The summed E-state index contributed by atoms with van der Waals surface area (Å²) >= 11 is 0. The number of unbranched alkanes of at least 4 members (excludes halogenated alkanes) is 1. The van der Waals surface area contributed by atoms with Gasteiger partial charge in [-0.1, -0.05) is 13.3 Å². The van der Waals surface area contributed by atoms with Crippen molar-refractivity contribution in [1.29, 1.82) is 0 Å². The summed E-state index contributed by atoms with van der Waals surface area (Å²) in [6, 6.07) is 0. The van der Waals surface area contributed by atoms with Crippen molar-refractivity contribution in [2.24, 2.45) is 15.9 Å². The number of nitrogens with zero attached hydrogens (tertiary/aromatic N) is 1. The Hall–Kier alpha value is -0.820. The fourth-order valence-corrected chi connectivity index (χ4v) is 1.12. The second-order valence-corrected chi connectivity index (χ2v) is 4.65. The van der Waals surface area contributed by atoms with E-state index in [4.69, 9.17) is 10.9 Å². The van der Waals surface area contributed by atoms with Crippen LogP contribution in [-0.2, 0) is 10.0 Å². The molecule has 0 aromatic heterocycles. The molecule has 0 aromatic rings. The van der Waals surface area contributed by atoms with Crippen LogP contribution in [0.3, 0.4) is 0 Å². The third-order valence-electron chi connectivity index (χ3n) is 1.49. The van der Waals surface area contributed by atoms with E-state index >= 15 is 0 Å². The molecule has 0 aliphatic heterocycles. The summed E-state index contributed by atoms with van der Waals surface area (Å²) in [5.74, 6) is 0.124. The minimum Gasteiger partial charge on any atom is -0.370 e. The monoisotopic (exact) mass is 222 g/mol. The maximum atomic E-state index is 10.5. The molecule has 0 saturated heterocycles. The fraction of sp³-hybridized carbons (Fsp3) is 0.857. The van der Waals surface area contributed by atoms with Gasteiger partial charge >= 0.3 is 0 Å². The molecule has 0 atom stereocenters. The molecular weight excluding hydrogens is 204 g/mol. The highest BCUT2D eigenvalue weighted by Crippen LogP contribution is 1.85. The quantitative estimate of drug-likeness (QED) is 0.303. The molecule has 0 heterocycles. The number of aliphatic imine (C=N–C) groups is 1. The molecule has 0 spiro atoms. The third-order valence-corrected chi connectivity index (χ3v) is 2.26. The van der Waals surface area contributed by atoms with Crippen LogP contribution in [0.25, 0.3) is 0 Å². The number of sulfonamides is 1. The molecule has 0 aromatic carbocycles. The standard InChI is InChI=1S/C7H18N4O2S/c1-2-3-4-10-7(8)11-5-6-14(9,12)13/h2-6H2,1H3,(H3,8,10,11)(H2,9,12,13). The number of nitrogens with two attached hydrogens (primary N) is 2. The van der Waals surface area contributed by atoms with E-state index in [1.807, 2.05) is 0 Å². The van der Waals surface area contributed by atoms with Gasteiger partial charge in [-0.25, -0.2) is 13.6 Å². The highest BCUT2D eigenvalue weighted by molar-refractivity contribution is 7.89. The Labute approximate surface area is 84.8 Å². The van der Waals surface area contributed by atoms with Crippen LogP contribution in [-0.4, -0.2) is 33.2 Å². The topological polar surface area (TPSA) is 111 Å². The van der Waals surface area contributed by atoms with Gasteiger partial charge in [0.1, 0.15) is 0 Å². The zero-order chi connectivity index (χ0) is 11.0. The van der Waals surface area contributed by atoms with Crippen molar-refractivity contribution in [3.63, 3.8) is 0 Å². The van der Waals surface area contributed by atoms with Crippen LogP contribution in [0.15, 0.2) is 4.99 Å². The van der Waals surface area contributed by atoms with Crippen molar-refractivity contribution in [3.8, 4) is 0 Å². The van der Waals surface area contributed by atoms with Crippen molar-refractivity contribution in [2.75, 3.05) is 18.8 Å². The van der Waals surface area contributed by atoms with Crippen molar-refractivity contribution in [2.45, 2.75) is 19.8 Å². The lowest BCUT2D eigenvalue weighted by Gasteiger charge is -2.03. The second-order valence-electron chi connectivity index (χ2n) is 2.91. The molecule has 7 heteroatoms. The van der Waals surface area contributed by atoms with E-state index in [0.717, 1.165) is 12.8 Å². The first kappa shape index (κ1) is 13.2. The van der Waals surface area contributed by atoms with Crippen LogP contribution < -0.4 is 16.2 Å². The SMILES string of the molecule is CCCCN=C(N)NCCS(N)(=O)=O. The van der Waals surface area contributed by atoms with Gasteiger partial charge in [-0.15, -0.1) is 0 Å². The maximum absolute atomic E-state index is 10.5. The first-order valence-corrected chi connectivity index (χ1v) is 6.21. The van der Waals surface area contributed by atoms with Crippen LogP contribution in [0.5, 0.6) is 0 Å². The zero-order valence-corrected chi connectivity index (χ0v) is 9.18. The highest BCUT2D eigenvalue weighted by atomic mass is 32.2. The van der Waals surface area contributed by atoms with Gasteiger partial charge in [-0.2, -0.15) is 0 Å². The Kier molecular flexibility index (Phi) is 6.22. The van der Waals surface area contributed by atoms with Gasteiger partial charge in [0.05, 0.1) is 5.75 Å². The molecule has 0 fully saturated rings. The Morgan fingerprint density at radius 2 is 2.14 bits per heavy atom. The van der Waals surface area contributed by atoms with Gasteiger partial charge in [0.2, 0.25) is 10.0 Å². The first-order chi connectivity index (χ1) is 6.45. The molecule has 0 saturated carbocycles. The van der Waals surface area contributed by atoms with E-state index in [1.165, 1.54) is 0 Å². The number of nitrogens with one attached hydrogen (secondary N) is 1. The fourth-order valence-electron chi connectivity index (χ4n) is 0.735. The molecule has 0 aliphatic rings. The van der Waals surface area contributed by atoms with E-state index in [0.29, 0.717) is 6.54 Å². The molecule has 0 radical (unpaired) electrons. The van der Waals surface area contributed by atoms with Gasteiger partial charge in [0, 0.05) is 13.1 Å². The summed E-state index contributed by atoms with van der Waals surface area (Å²) in [5, 5.41) is 7.46. The molecule has 0 unspecified atom stereocenters. The molecule has 5 N–H and O–H groups in total. The Balaban J connectivity index is 3.63. The molecular formula is C7H18N4O2S. The van der Waals surface area contributed by atoms with Crippen LogP contribution in [0.1, 0.15) is 19.8 Å². The first-order valence-electron chi connectivity index (χ1n) is 4.50. The van der Waals surface area contributed by atoms with E-state index < -0.39 is 10.0 Å². The van der Waals surface area contributed by atoms with Gasteiger partial charge in [-0.05, 0) is 6.42 Å². The predicted octanol–water partition coefficient (Wildman–Crippen LogP) is -1.02. The lowest BCUT2D eigenvalue weighted by molar-refractivity contribution is 0.596. The van der Waals surface area contributed by atoms with E-state index in [2.05, 4.69) is 17.2 Å². The third kappa shape index (κ3) is 9.27. The maximum Gasteiger partial charge on any atom is 0.210 e. The summed E-state index contributed by atoms with van der Waals surface area (Å²) in [7, 11) is -3.42. The highest BCUT2D eigenvalue weighted by Gasteiger charge is 2.01. The summed E-state index contributed by atoms with van der Waals surface area (Å²) in [5.41, 5.74) is 5.45. The molecule has 6 nitrogen and oxygen atoms in total. The smallest absolute Gasteiger partial charge is 0.210 e. The minimum absolute atomic E-state index is 0.142. The van der Waals surface area contributed by atoms with Gasteiger partial charge < -0.3 is 11.1 Å². The molecule has 0 bridgehead atoms. The minimum atomic E-state index is -3.42. The lowest BCUT2D eigenvalue weighted by atomic mass is 10.3. The van der Waals surface area contributed by atoms with Gasteiger partial charge in [0.15, 0.2) is 5.96 Å². The van der Waals surface area contributed by atoms with Gasteiger partial charge in [-0.3, -0.25) is 4.99 Å². The van der Waals surface area contributed by atoms with Crippen LogP contribution in [0.2, 0.25) is 0 Å². The summed E-state index contributed by atoms with van der Waals surface area (Å²) in [6.07, 6.45) is 2.02. The van der Waals surface area contributed by atoms with Crippen molar-refractivity contribution in [3.05, 3.63) is 0 Å². The largest absolute Gasteiger partial charge is 0.370 e. The molecule has 0 rings (SSSR count). The zero-order valence-electron chi connectivity index (χ0n) is 8.36. The van der Waals surface area contributed by atoms with Crippen LogP contribution in [0.4, 0.5) is 0 Å². The lowest BCUT2D eigenvalue weighted by Crippen LogP contribution is -2.36. The van der Waals surface area contributed by atoms with Crippen molar-refractivity contribution >= 4 is 16.0 Å². The Morgan fingerprint density at radius 1 is 1.50 bits per heavy atom. The van der Waals surface area contributed by atoms with Crippen molar-refractivity contribution in [1.82, 2.24) is 5.32 Å². The van der Waals surface area contributed by atoms with E-state index in [-0.39, 0.29) is 18.3 Å². The molecule has 14 heavy (non-hydrogen) atoms. The van der Waals surface area contributed by atoms with Crippen LogP contribution >= 0.6 is 0 Å². The summed E-state index contributed by atoms with van der Waals surface area (Å²) in [4.78, 5) is 3.98. The number of hydrogen-bond donors (Lipinski definition) is 3. The van der Waals surface area contributed by atoms with Crippen LogP contribution in [0, 0.1) is 0 Å². The van der Waals surface area contributed by atoms with E-state index in [9.17, 15) is 8.42 Å². The second kappa shape index (κ2) is 6.61. The number of guanidine groups is 1.